The van der Waals surface area contributed by atoms with E-state index in [4.69, 9.17) is 11.6 Å². The summed E-state index contributed by atoms with van der Waals surface area (Å²) in [6.07, 6.45) is 0.794. The third-order valence-electron chi connectivity index (χ3n) is 3.90. The highest BCUT2D eigenvalue weighted by Crippen LogP contribution is 2.26. The summed E-state index contributed by atoms with van der Waals surface area (Å²) in [6.45, 7) is 5.19. The van der Waals surface area contributed by atoms with E-state index in [2.05, 4.69) is 10.6 Å². The van der Waals surface area contributed by atoms with Crippen molar-refractivity contribution in [2.75, 3.05) is 10.6 Å². The molecule has 0 radical (unpaired) electrons. The number of amides is 2. The summed E-state index contributed by atoms with van der Waals surface area (Å²) in [6, 6.07) is 14.5. The second-order valence-corrected chi connectivity index (χ2v) is 6.43. The largest absolute Gasteiger partial charge is 0.325 e. The van der Waals surface area contributed by atoms with Gasteiger partial charge in [0, 0.05) is 5.69 Å². The van der Waals surface area contributed by atoms with Crippen LogP contribution in [0.5, 0.6) is 0 Å². The van der Waals surface area contributed by atoms with Crippen molar-refractivity contribution in [3.63, 3.8) is 0 Å². The molecule has 0 heterocycles. The van der Waals surface area contributed by atoms with E-state index in [0.717, 1.165) is 17.7 Å². The van der Waals surface area contributed by atoms with E-state index in [-0.39, 0.29) is 5.91 Å². The quantitative estimate of drug-likeness (QED) is 0.784. The van der Waals surface area contributed by atoms with Crippen molar-refractivity contribution < 1.29 is 9.59 Å². The standard InChI is InChI=1S/C19H21ClN2O2/c1-4-13-9-5-7-11-15(13)21-17(23)19(2,3)18(24)22-16-12-8-6-10-14(16)20/h5-12H,4H2,1-3H3,(H,21,23)(H,22,24). The zero-order valence-corrected chi connectivity index (χ0v) is 14.8. The SMILES string of the molecule is CCc1ccccc1NC(=O)C(C)(C)C(=O)Nc1ccccc1Cl. The fourth-order valence-corrected chi connectivity index (χ4v) is 2.36. The minimum absolute atomic E-state index is 0.368. The lowest BCUT2D eigenvalue weighted by Gasteiger charge is -2.23. The van der Waals surface area contributed by atoms with Crippen molar-refractivity contribution in [2.45, 2.75) is 27.2 Å². The zero-order chi connectivity index (χ0) is 17.7. The van der Waals surface area contributed by atoms with Crippen LogP contribution in [0.1, 0.15) is 26.3 Å². The van der Waals surface area contributed by atoms with Gasteiger partial charge in [-0.25, -0.2) is 0 Å². The van der Waals surface area contributed by atoms with Crippen molar-refractivity contribution in [1.82, 2.24) is 0 Å². The van der Waals surface area contributed by atoms with Gasteiger partial charge in [0.2, 0.25) is 11.8 Å². The lowest BCUT2D eigenvalue weighted by molar-refractivity contribution is -0.135. The van der Waals surface area contributed by atoms with Crippen molar-refractivity contribution in [3.05, 3.63) is 59.1 Å². The molecule has 2 aromatic rings. The lowest BCUT2D eigenvalue weighted by atomic mass is 9.90. The van der Waals surface area contributed by atoms with Crippen LogP contribution in [0.2, 0.25) is 5.02 Å². The van der Waals surface area contributed by atoms with Crippen LogP contribution >= 0.6 is 11.6 Å². The molecule has 2 rings (SSSR count). The van der Waals surface area contributed by atoms with Gasteiger partial charge in [-0.1, -0.05) is 48.9 Å². The van der Waals surface area contributed by atoms with Gasteiger partial charge in [-0.2, -0.15) is 0 Å². The third kappa shape index (κ3) is 3.95. The van der Waals surface area contributed by atoms with Crippen LogP contribution in [-0.4, -0.2) is 11.8 Å². The van der Waals surface area contributed by atoms with Gasteiger partial charge in [0.25, 0.3) is 0 Å². The van der Waals surface area contributed by atoms with Gasteiger partial charge in [0.05, 0.1) is 10.7 Å². The fourth-order valence-electron chi connectivity index (χ4n) is 2.17. The average Bonchev–Trinajstić information content (AvgIpc) is 2.57. The summed E-state index contributed by atoms with van der Waals surface area (Å²) in [5.41, 5.74) is 0.982. The van der Waals surface area contributed by atoms with Gasteiger partial charge in [0.15, 0.2) is 0 Å². The Morgan fingerprint density at radius 2 is 1.42 bits per heavy atom. The van der Waals surface area contributed by atoms with E-state index in [1.165, 1.54) is 0 Å². The van der Waals surface area contributed by atoms with Crippen LogP contribution in [-0.2, 0) is 16.0 Å². The molecule has 0 saturated heterocycles. The topological polar surface area (TPSA) is 58.2 Å². The van der Waals surface area contributed by atoms with E-state index in [9.17, 15) is 9.59 Å². The number of carbonyl (C=O) groups is 2. The number of hydrogen-bond donors (Lipinski definition) is 2. The molecule has 0 aliphatic carbocycles. The molecule has 5 heteroatoms. The first-order valence-electron chi connectivity index (χ1n) is 7.81. The van der Waals surface area contributed by atoms with Gasteiger partial charge in [0.1, 0.15) is 5.41 Å². The fraction of sp³-hybridized carbons (Fsp3) is 0.263. The maximum atomic E-state index is 12.6. The molecule has 2 aromatic carbocycles. The number of hydrogen-bond acceptors (Lipinski definition) is 2. The number of nitrogens with one attached hydrogen (secondary N) is 2. The number of aryl methyl sites for hydroxylation is 1. The average molecular weight is 345 g/mol. The van der Waals surface area contributed by atoms with Gasteiger partial charge in [-0.3, -0.25) is 9.59 Å². The summed E-state index contributed by atoms with van der Waals surface area (Å²) in [7, 11) is 0. The Kier molecular flexibility index (Phi) is 5.62. The second-order valence-electron chi connectivity index (χ2n) is 6.02. The first-order valence-corrected chi connectivity index (χ1v) is 8.19. The predicted octanol–water partition coefficient (Wildman–Crippen LogP) is 4.51. The van der Waals surface area contributed by atoms with Gasteiger partial charge >= 0.3 is 0 Å². The number of benzene rings is 2. The summed E-state index contributed by atoms with van der Waals surface area (Å²) in [4.78, 5) is 25.2. The highest BCUT2D eigenvalue weighted by molar-refractivity contribution is 6.34. The van der Waals surface area contributed by atoms with E-state index in [1.807, 2.05) is 31.2 Å². The van der Waals surface area contributed by atoms with Crippen molar-refractivity contribution >= 4 is 34.8 Å². The van der Waals surface area contributed by atoms with Gasteiger partial charge < -0.3 is 10.6 Å². The maximum Gasteiger partial charge on any atom is 0.239 e. The van der Waals surface area contributed by atoms with Crippen LogP contribution in [0.3, 0.4) is 0 Å². The molecule has 24 heavy (non-hydrogen) atoms. The van der Waals surface area contributed by atoms with Crippen LogP contribution in [0, 0.1) is 5.41 Å². The van der Waals surface area contributed by atoms with Crippen LogP contribution in [0.15, 0.2) is 48.5 Å². The normalized spacial score (nSPS) is 11.0. The molecule has 126 valence electrons. The molecule has 0 spiro atoms. The summed E-state index contributed by atoms with van der Waals surface area (Å²) >= 11 is 6.05. The minimum atomic E-state index is -1.25. The Morgan fingerprint density at radius 3 is 2.00 bits per heavy atom. The Labute approximate surface area is 147 Å². The summed E-state index contributed by atoms with van der Waals surface area (Å²) < 4.78 is 0. The number of rotatable bonds is 5. The van der Waals surface area contributed by atoms with E-state index in [1.54, 1.807) is 38.1 Å². The zero-order valence-electron chi connectivity index (χ0n) is 14.0. The first kappa shape index (κ1) is 18.0. The lowest BCUT2D eigenvalue weighted by Crippen LogP contribution is -2.41. The number of halogens is 1. The molecule has 4 nitrogen and oxygen atoms in total. The molecule has 0 unspecified atom stereocenters. The van der Waals surface area contributed by atoms with E-state index >= 15 is 0 Å². The van der Waals surface area contributed by atoms with Crippen molar-refractivity contribution in [1.29, 1.82) is 0 Å². The molecule has 2 amide bonds. The molecule has 0 bridgehead atoms. The molecule has 0 fully saturated rings. The van der Waals surface area contributed by atoms with Crippen LogP contribution in [0.4, 0.5) is 11.4 Å². The maximum absolute atomic E-state index is 12.6. The van der Waals surface area contributed by atoms with E-state index in [0.29, 0.717) is 10.7 Å². The molecular formula is C19H21ClN2O2. The second kappa shape index (κ2) is 7.49. The highest BCUT2D eigenvalue weighted by atomic mass is 35.5. The molecule has 0 aliphatic rings. The third-order valence-corrected chi connectivity index (χ3v) is 4.23. The molecule has 0 atom stereocenters. The Morgan fingerprint density at radius 1 is 0.917 bits per heavy atom. The number of carbonyl (C=O) groups excluding carboxylic acids is 2. The molecular weight excluding hydrogens is 324 g/mol. The minimum Gasteiger partial charge on any atom is -0.325 e. The Bertz CT molecular complexity index is 757. The molecule has 0 aliphatic heterocycles. The Balaban J connectivity index is 2.15. The molecule has 0 saturated carbocycles. The van der Waals surface area contributed by atoms with Crippen LogP contribution < -0.4 is 10.6 Å². The van der Waals surface area contributed by atoms with Crippen LogP contribution in [0.25, 0.3) is 0 Å². The van der Waals surface area contributed by atoms with Crippen molar-refractivity contribution in [3.8, 4) is 0 Å². The number of anilines is 2. The van der Waals surface area contributed by atoms with E-state index < -0.39 is 11.3 Å². The number of para-hydroxylation sites is 2. The highest BCUT2D eigenvalue weighted by Gasteiger charge is 2.36. The molecule has 2 N–H and O–H groups in total. The molecule has 0 aromatic heterocycles. The first-order chi connectivity index (χ1) is 11.4. The summed E-state index contributed by atoms with van der Waals surface area (Å²) in [5, 5.41) is 5.99. The van der Waals surface area contributed by atoms with Gasteiger partial charge in [-0.05, 0) is 44.0 Å². The predicted molar refractivity (Wildman–Crippen MR) is 98.3 cm³/mol. The Hall–Kier alpha value is -2.33. The van der Waals surface area contributed by atoms with Crippen molar-refractivity contribution in [2.24, 2.45) is 5.41 Å². The monoisotopic (exact) mass is 344 g/mol. The van der Waals surface area contributed by atoms with Gasteiger partial charge in [-0.15, -0.1) is 0 Å². The smallest absolute Gasteiger partial charge is 0.239 e. The summed E-state index contributed by atoms with van der Waals surface area (Å²) in [5.74, 6) is -0.782.